The molecule has 0 fully saturated rings. The standard InChI is InChI=1S/C13H20O4S/c1-9(2)8-16-5-6-17-13-10(3)7-11(18-13)12(14)15-4/h7,9H,5-6,8H2,1-4H3. The molecule has 0 atom stereocenters. The highest BCUT2D eigenvalue weighted by Crippen LogP contribution is 2.30. The third kappa shape index (κ3) is 4.66. The fourth-order valence-electron chi connectivity index (χ4n) is 1.32. The smallest absolute Gasteiger partial charge is 0.348 e. The largest absolute Gasteiger partial charge is 0.481 e. The lowest BCUT2D eigenvalue weighted by atomic mass is 10.2. The molecule has 18 heavy (non-hydrogen) atoms. The Labute approximate surface area is 112 Å². The molecule has 0 N–H and O–H groups in total. The monoisotopic (exact) mass is 272 g/mol. The highest BCUT2D eigenvalue weighted by molar-refractivity contribution is 7.15. The molecular formula is C13H20O4S. The fourth-order valence-corrected chi connectivity index (χ4v) is 2.29. The lowest BCUT2D eigenvalue weighted by molar-refractivity contribution is 0.0606. The van der Waals surface area contributed by atoms with Gasteiger partial charge < -0.3 is 14.2 Å². The van der Waals surface area contributed by atoms with E-state index in [9.17, 15) is 4.79 Å². The summed E-state index contributed by atoms with van der Waals surface area (Å²) in [5.41, 5.74) is 0.948. The van der Waals surface area contributed by atoms with Crippen LogP contribution in [0, 0.1) is 12.8 Å². The lowest BCUT2D eigenvalue weighted by Gasteiger charge is -2.07. The van der Waals surface area contributed by atoms with Gasteiger partial charge in [0, 0.05) is 12.2 Å². The Morgan fingerprint density at radius 2 is 2.11 bits per heavy atom. The molecule has 0 aliphatic heterocycles. The van der Waals surface area contributed by atoms with Crippen molar-refractivity contribution >= 4 is 17.3 Å². The van der Waals surface area contributed by atoms with Gasteiger partial charge in [-0.3, -0.25) is 0 Å². The Hall–Kier alpha value is -1.07. The van der Waals surface area contributed by atoms with E-state index in [-0.39, 0.29) is 5.97 Å². The van der Waals surface area contributed by atoms with Crippen LogP contribution in [0.3, 0.4) is 0 Å². The van der Waals surface area contributed by atoms with Gasteiger partial charge in [-0.05, 0) is 18.9 Å². The number of ether oxygens (including phenoxy) is 3. The molecule has 0 aromatic carbocycles. The van der Waals surface area contributed by atoms with Gasteiger partial charge in [0.2, 0.25) is 0 Å². The second-order valence-electron chi connectivity index (χ2n) is 4.39. The zero-order chi connectivity index (χ0) is 13.5. The van der Waals surface area contributed by atoms with Crippen LogP contribution in [0.5, 0.6) is 5.06 Å². The normalized spacial score (nSPS) is 10.7. The molecule has 4 nitrogen and oxygen atoms in total. The molecule has 1 aromatic rings. The Morgan fingerprint density at radius 1 is 1.39 bits per heavy atom. The van der Waals surface area contributed by atoms with E-state index in [0.29, 0.717) is 24.0 Å². The molecule has 0 radical (unpaired) electrons. The number of aryl methyl sites for hydroxylation is 1. The maximum Gasteiger partial charge on any atom is 0.348 e. The van der Waals surface area contributed by atoms with Gasteiger partial charge in [0.1, 0.15) is 11.5 Å². The van der Waals surface area contributed by atoms with Gasteiger partial charge in [-0.1, -0.05) is 25.2 Å². The van der Waals surface area contributed by atoms with Gasteiger partial charge in [0.25, 0.3) is 0 Å². The number of hydrogen-bond donors (Lipinski definition) is 0. The minimum absolute atomic E-state index is 0.325. The molecule has 0 aliphatic rings. The van der Waals surface area contributed by atoms with Crippen molar-refractivity contribution in [1.29, 1.82) is 0 Å². The van der Waals surface area contributed by atoms with Crippen LogP contribution in [0.4, 0.5) is 0 Å². The number of carbonyl (C=O) groups excluding carboxylic acids is 1. The number of esters is 1. The van der Waals surface area contributed by atoms with Gasteiger partial charge in [0.15, 0.2) is 5.06 Å². The van der Waals surface area contributed by atoms with Crippen LogP contribution in [0.25, 0.3) is 0 Å². The summed E-state index contributed by atoms with van der Waals surface area (Å²) in [5.74, 6) is 0.202. The molecule has 0 bridgehead atoms. The van der Waals surface area contributed by atoms with E-state index in [1.54, 1.807) is 6.07 Å². The van der Waals surface area contributed by atoms with Gasteiger partial charge >= 0.3 is 5.97 Å². The van der Waals surface area contributed by atoms with Gasteiger partial charge in [-0.15, -0.1) is 0 Å². The van der Waals surface area contributed by atoms with Crippen LogP contribution in [-0.2, 0) is 9.47 Å². The average molecular weight is 272 g/mol. The van der Waals surface area contributed by atoms with Crippen molar-refractivity contribution in [3.8, 4) is 5.06 Å². The lowest BCUT2D eigenvalue weighted by Crippen LogP contribution is -2.10. The minimum atomic E-state index is -0.325. The molecule has 5 heteroatoms. The van der Waals surface area contributed by atoms with Crippen molar-refractivity contribution in [3.05, 3.63) is 16.5 Å². The first-order valence-corrected chi connectivity index (χ1v) is 6.75. The van der Waals surface area contributed by atoms with Crippen LogP contribution in [0.15, 0.2) is 6.07 Å². The summed E-state index contributed by atoms with van der Waals surface area (Å²) in [6.45, 7) is 7.91. The second kappa shape index (κ2) is 7.38. The first-order chi connectivity index (χ1) is 8.54. The molecule has 0 unspecified atom stereocenters. The summed E-state index contributed by atoms with van der Waals surface area (Å²) in [6.07, 6.45) is 0. The zero-order valence-corrected chi connectivity index (χ0v) is 12.1. The Balaban J connectivity index is 2.38. The number of rotatable bonds is 7. The predicted octanol–water partition coefficient (Wildman–Crippen LogP) is 2.89. The Bertz CT molecular complexity index is 384. The Kier molecular flexibility index (Phi) is 6.15. The van der Waals surface area contributed by atoms with Crippen LogP contribution >= 0.6 is 11.3 Å². The maximum absolute atomic E-state index is 11.3. The summed E-state index contributed by atoms with van der Waals surface area (Å²) in [4.78, 5) is 11.9. The summed E-state index contributed by atoms with van der Waals surface area (Å²) >= 11 is 1.30. The maximum atomic E-state index is 11.3. The molecule has 0 aliphatic carbocycles. The highest BCUT2D eigenvalue weighted by atomic mass is 32.1. The third-order valence-electron chi connectivity index (χ3n) is 2.17. The summed E-state index contributed by atoms with van der Waals surface area (Å²) in [6, 6.07) is 1.78. The molecule has 0 spiro atoms. The van der Waals surface area contributed by atoms with Gasteiger partial charge in [-0.2, -0.15) is 0 Å². The van der Waals surface area contributed by atoms with Crippen LogP contribution in [0.1, 0.15) is 29.1 Å². The second-order valence-corrected chi connectivity index (χ2v) is 5.40. The van der Waals surface area contributed by atoms with E-state index >= 15 is 0 Å². The van der Waals surface area contributed by atoms with E-state index in [4.69, 9.17) is 9.47 Å². The average Bonchev–Trinajstić information content (AvgIpc) is 2.69. The molecule has 1 heterocycles. The first kappa shape index (κ1) is 15.0. The third-order valence-corrected chi connectivity index (χ3v) is 3.30. The topological polar surface area (TPSA) is 44.8 Å². The molecule has 102 valence electrons. The van der Waals surface area contributed by atoms with Gasteiger partial charge in [0.05, 0.1) is 13.7 Å². The number of thiophene rings is 1. The molecular weight excluding hydrogens is 252 g/mol. The first-order valence-electron chi connectivity index (χ1n) is 5.94. The van der Waals surface area contributed by atoms with Crippen molar-refractivity contribution in [2.45, 2.75) is 20.8 Å². The van der Waals surface area contributed by atoms with E-state index in [1.165, 1.54) is 18.4 Å². The van der Waals surface area contributed by atoms with Crippen molar-refractivity contribution in [3.63, 3.8) is 0 Å². The fraction of sp³-hybridized carbons (Fsp3) is 0.615. The van der Waals surface area contributed by atoms with E-state index in [0.717, 1.165) is 17.2 Å². The molecule has 1 rings (SSSR count). The summed E-state index contributed by atoms with van der Waals surface area (Å²) in [7, 11) is 1.37. The van der Waals surface area contributed by atoms with E-state index in [2.05, 4.69) is 18.6 Å². The minimum Gasteiger partial charge on any atom is -0.481 e. The van der Waals surface area contributed by atoms with Crippen LogP contribution in [-0.4, -0.2) is 32.9 Å². The van der Waals surface area contributed by atoms with Crippen LogP contribution in [0.2, 0.25) is 0 Å². The predicted molar refractivity (Wildman–Crippen MR) is 71.5 cm³/mol. The van der Waals surface area contributed by atoms with Gasteiger partial charge in [-0.25, -0.2) is 4.79 Å². The molecule has 1 aromatic heterocycles. The summed E-state index contributed by atoms with van der Waals surface area (Å²) in [5, 5.41) is 0.753. The number of hydrogen-bond acceptors (Lipinski definition) is 5. The van der Waals surface area contributed by atoms with Crippen molar-refractivity contribution in [2.24, 2.45) is 5.92 Å². The SMILES string of the molecule is COC(=O)c1cc(C)c(OCCOCC(C)C)s1. The highest BCUT2D eigenvalue weighted by Gasteiger charge is 2.13. The number of carbonyl (C=O) groups is 1. The van der Waals surface area contributed by atoms with E-state index in [1.807, 2.05) is 6.92 Å². The van der Waals surface area contributed by atoms with E-state index < -0.39 is 0 Å². The van der Waals surface area contributed by atoms with Crippen molar-refractivity contribution in [2.75, 3.05) is 26.9 Å². The quantitative estimate of drug-likeness (QED) is 0.565. The molecule has 0 saturated carbocycles. The van der Waals surface area contributed by atoms with Crippen molar-refractivity contribution in [1.82, 2.24) is 0 Å². The summed E-state index contributed by atoms with van der Waals surface area (Å²) < 4.78 is 15.7. The number of methoxy groups -OCH3 is 1. The van der Waals surface area contributed by atoms with Crippen LogP contribution < -0.4 is 4.74 Å². The molecule has 0 saturated heterocycles. The zero-order valence-electron chi connectivity index (χ0n) is 11.3. The Morgan fingerprint density at radius 3 is 2.72 bits per heavy atom. The van der Waals surface area contributed by atoms with Crippen molar-refractivity contribution < 1.29 is 19.0 Å². The molecule has 0 amide bonds.